The number of aromatic nitrogens is 4. The van der Waals surface area contributed by atoms with Gasteiger partial charge in [-0.25, -0.2) is 32.0 Å². The van der Waals surface area contributed by atoms with Crippen LogP contribution in [0.5, 0.6) is 5.75 Å². The van der Waals surface area contributed by atoms with E-state index in [2.05, 4.69) is 21.5 Å². The summed E-state index contributed by atoms with van der Waals surface area (Å²) in [5, 5.41) is 10.3. The molecule has 1 saturated heterocycles. The molecule has 1 amide bonds. The van der Waals surface area contributed by atoms with Crippen molar-refractivity contribution < 1.29 is 27.1 Å². The Hall–Kier alpha value is -4.72. The van der Waals surface area contributed by atoms with Crippen LogP contribution in [0.4, 0.5) is 14.6 Å². The van der Waals surface area contributed by atoms with Gasteiger partial charge in [0.05, 0.1) is 17.5 Å². The summed E-state index contributed by atoms with van der Waals surface area (Å²) in [6, 6.07) is 5.86. The van der Waals surface area contributed by atoms with Crippen LogP contribution in [0.3, 0.4) is 0 Å². The number of hydrogen-bond donors (Lipinski definition) is 1. The first kappa shape index (κ1) is 31.7. The van der Waals surface area contributed by atoms with E-state index >= 15 is 4.39 Å². The highest BCUT2D eigenvalue weighted by molar-refractivity contribution is 7.90. The number of nitrogens with zero attached hydrogens (tertiary/aromatic N) is 6. The molecule has 11 nitrogen and oxygen atoms in total. The number of pyridine rings is 2. The molecule has 1 N–H and O–H groups in total. The number of piperazine rings is 1. The number of carbonyl (C=O) groups is 1. The number of phenolic OH excluding ortho intramolecular Hbond substituents is 1. The zero-order valence-corrected chi connectivity index (χ0v) is 26.0. The van der Waals surface area contributed by atoms with E-state index < -0.39 is 44.2 Å². The molecule has 1 atom stereocenters. The summed E-state index contributed by atoms with van der Waals surface area (Å²) in [5.41, 5.74) is -1.13. The Kier molecular flexibility index (Phi) is 8.45. The number of rotatable bonds is 7. The summed E-state index contributed by atoms with van der Waals surface area (Å²) >= 11 is 0. The lowest BCUT2D eigenvalue weighted by molar-refractivity contribution is -0.126. The van der Waals surface area contributed by atoms with Gasteiger partial charge in [0.15, 0.2) is 20.7 Å². The van der Waals surface area contributed by atoms with E-state index in [9.17, 15) is 27.5 Å². The number of hydrogen-bond acceptors (Lipinski definition) is 9. The predicted molar refractivity (Wildman–Crippen MR) is 165 cm³/mol. The first-order valence-electron chi connectivity index (χ1n) is 14.2. The molecular formula is C31H32F2N6O5S. The number of amides is 1. The van der Waals surface area contributed by atoms with Crippen LogP contribution in [0.1, 0.15) is 37.8 Å². The maximum Gasteiger partial charge on any atom is 0.351 e. The molecule has 4 heterocycles. The van der Waals surface area contributed by atoms with E-state index in [1.165, 1.54) is 24.4 Å². The van der Waals surface area contributed by atoms with Gasteiger partial charge in [-0.1, -0.05) is 26.5 Å². The van der Waals surface area contributed by atoms with Gasteiger partial charge < -0.3 is 14.9 Å². The number of sulfone groups is 1. The number of benzene rings is 1. The zero-order valence-electron chi connectivity index (χ0n) is 25.2. The third-order valence-electron chi connectivity index (χ3n) is 7.84. The first-order chi connectivity index (χ1) is 21.2. The second-order valence-corrected chi connectivity index (χ2v) is 13.2. The van der Waals surface area contributed by atoms with E-state index in [1.54, 1.807) is 15.9 Å². The van der Waals surface area contributed by atoms with Gasteiger partial charge in [-0.05, 0) is 48.7 Å². The number of halogens is 2. The monoisotopic (exact) mass is 638 g/mol. The quantitative estimate of drug-likeness (QED) is 0.301. The van der Waals surface area contributed by atoms with Crippen molar-refractivity contribution in [2.45, 2.75) is 44.3 Å². The van der Waals surface area contributed by atoms with Crippen molar-refractivity contribution in [3.8, 4) is 17.0 Å². The van der Waals surface area contributed by atoms with E-state index in [-0.39, 0.29) is 71.5 Å². The van der Waals surface area contributed by atoms with Crippen molar-refractivity contribution in [2.75, 3.05) is 30.8 Å². The molecule has 0 radical (unpaired) electrons. The summed E-state index contributed by atoms with van der Waals surface area (Å²) in [5.74, 6) is -2.80. The molecule has 1 fully saturated rings. The third-order valence-corrected chi connectivity index (χ3v) is 8.90. The molecule has 0 aliphatic carbocycles. The topological polar surface area (TPSA) is 139 Å². The van der Waals surface area contributed by atoms with Crippen LogP contribution >= 0.6 is 0 Å². The minimum absolute atomic E-state index is 0.0953. The van der Waals surface area contributed by atoms with E-state index in [0.29, 0.717) is 5.56 Å². The van der Waals surface area contributed by atoms with Crippen LogP contribution in [0.25, 0.3) is 22.3 Å². The van der Waals surface area contributed by atoms with Gasteiger partial charge in [0, 0.05) is 43.7 Å². The SMILES string of the molecule is C=CC(=O)N1CCN(c2nc(=O)n(Cc3c(C(C)C)ccnc3S(C)(=O)=O)c3nc(-c4c(O)cccc4F)c(F)cc23)[C@@H](C)C1. The van der Waals surface area contributed by atoms with E-state index in [1.807, 2.05) is 20.8 Å². The normalized spacial score (nSPS) is 15.6. The standard InChI is InChI=1S/C31H32F2N6O5S/c1-6-25(41)37-12-13-38(18(4)15-37)29-20-14-23(33)27(26-22(32)8-7-9-24(26)40)35-28(20)39(31(42)36-29)16-21-19(17(2)3)10-11-34-30(21)45(5,43)44/h6-11,14,17-18,40H,1,12-13,15-16H2,2-5H3/t18-/m0/s1. The molecule has 5 rings (SSSR count). The number of aromatic hydroxyl groups is 1. The molecule has 1 aliphatic rings. The maximum atomic E-state index is 15.8. The first-order valence-corrected chi connectivity index (χ1v) is 16.1. The molecule has 45 heavy (non-hydrogen) atoms. The van der Waals surface area contributed by atoms with Crippen molar-refractivity contribution in [2.24, 2.45) is 0 Å². The fourth-order valence-electron chi connectivity index (χ4n) is 5.70. The smallest absolute Gasteiger partial charge is 0.351 e. The van der Waals surface area contributed by atoms with E-state index in [4.69, 9.17) is 0 Å². The molecule has 3 aromatic heterocycles. The molecule has 0 bridgehead atoms. The number of phenols is 1. The van der Waals surface area contributed by atoms with Gasteiger partial charge in [-0.2, -0.15) is 4.98 Å². The van der Waals surface area contributed by atoms with Gasteiger partial charge in [0.2, 0.25) is 5.91 Å². The third kappa shape index (κ3) is 5.89. The fraction of sp³-hybridized carbons (Fsp3) is 0.323. The molecule has 14 heteroatoms. The lowest BCUT2D eigenvalue weighted by Crippen LogP contribution is -2.54. The molecule has 1 aliphatic heterocycles. The van der Waals surface area contributed by atoms with Crippen LogP contribution in [0.2, 0.25) is 0 Å². The highest BCUT2D eigenvalue weighted by atomic mass is 32.2. The lowest BCUT2D eigenvalue weighted by atomic mass is 9.99. The number of fused-ring (bicyclic) bond motifs is 1. The minimum Gasteiger partial charge on any atom is -0.507 e. The Balaban J connectivity index is 1.80. The second-order valence-electron chi connectivity index (χ2n) is 11.3. The molecule has 4 aromatic rings. The Morgan fingerprint density at radius 2 is 1.91 bits per heavy atom. The Morgan fingerprint density at radius 1 is 1.18 bits per heavy atom. The highest BCUT2D eigenvalue weighted by Gasteiger charge is 2.31. The Labute approximate surface area is 258 Å². The molecule has 0 spiro atoms. The second kappa shape index (κ2) is 12.0. The average Bonchev–Trinajstić information content (AvgIpc) is 2.97. The Bertz CT molecular complexity index is 1990. The van der Waals surface area contributed by atoms with E-state index in [0.717, 1.165) is 23.0 Å². The van der Waals surface area contributed by atoms with Crippen LogP contribution in [-0.2, 0) is 21.2 Å². The average molecular weight is 639 g/mol. The van der Waals surface area contributed by atoms with Gasteiger partial charge >= 0.3 is 5.69 Å². The van der Waals surface area contributed by atoms with Gasteiger partial charge in [0.25, 0.3) is 0 Å². The van der Waals surface area contributed by atoms with Gasteiger partial charge in [-0.3, -0.25) is 9.36 Å². The van der Waals surface area contributed by atoms with Crippen molar-refractivity contribution >= 4 is 32.6 Å². The summed E-state index contributed by atoms with van der Waals surface area (Å²) < 4.78 is 57.4. The zero-order chi connectivity index (χ0) is 32.8. The fourth-order valence-corrected chi connectivity index (χ4v) is 6.58. The van der Waals surface area contributed by atoms with Crippen LogP contribution in [0, 0.1) is 11.6 Å². The molecule has 0 saturated carbocycles. The molecule has 1 aromatic carbocycles. The molecular weight excluding hydrogens is 606 g/mol. The largest absolute Gasteiger partial charge is 0.507 e. The van der Waals surface area contributed by atoms with Crippen molar-refractivity contribution in [1.82, 2.24) is 24.4 Å². The highest BCUT2D eigenvalue weighted by Crippen LogP contribution is 2.36. The van der Waals surface area contributed by atoms with Gasteiger partial charge in [0.1, 0.15) is 28.7 Å². The summed E-state index contributed by atoms with van der Waals surface area (Å²) in [4.78, 5) is 42.3. The van der Waals surface area contributed by atoms with Crippen LogP contribution in [0.15, 0.2) is 59.0 Å². The maximum absolute atomic E-state index is 15.8. The minimum atomic E-state index is -3.85. The van der Waals surface area contributed by atoms with Gasteiger partial charge in [-0.15, -0.1) is 0 Å². The van der Waals surface area contributed by atoms with Crippen LogP contribution in [-0.4, -0.2) is 75.8 Å². The summed E-state index contributed by atoms with van der Waals surface area (Å²) in [6.07, 6.45) is 3.60. The summed E-state index contributed by atoms with van der Waals surface area (Å²) in [7, 11) is -3.85. The summed E-state index contributed by atoms with van der Waals surface area (Å²) in [6.45, 7) is 9.54. The number of carbonyl (C=O) groups excluding carboxylic acids is 1. The van der Waals surface area contributed by atoms with Crippen LogP contribution < -0.4 is 10.6 Å². The Morgan fingerprint density at radius 3 is 2.53 bits per heavy atom. The van der Waals surface area contributed by atoms with Crippen molar-refractivity contribution in [1.29, 1.82) is 0 Å². The lowest BCUT2D eigenvalue weighted by Gasteiger charge is -2.40. The predicted octanol–water partition coefficient (Wildman–Crippen LogP) is 3.64. The number of anilines is 1. The molecule has 236 valence electrons. The molecule has 0 unspecified atom stereocenters. The van der Waals surface area contributed by atoms with Crippen molar-refractivity contribution in [3.05, 3.63) is 82.4 Å². The van der Waals surface area contributed by atoms with Crippen molar-refractivity contribution in [3.63, 3.8) is 0 Å².